The third-order valence-electron chi connectivity index (χ3n) is 4.61. The van der Waals surface area contributed by atoms with E-state index < -0.39 is 0 Å². The van der Waals surface area contributed by atoms with E-state index in [-0.39, 0.29) is 11.8 Å². The zero-order valence-corrected chi connectivity index (χ0v) is 14.7. The Morgan fingerprint density at radius 2 is 1.85 bits per heavy atom. The molecule has 0 N–H and O–H groups in total. The highest BCUT2D eigenvalue weighted by Gasteiger charge is 2.35. The lowest BCUT2D eigenvalue weighted by molar-refractivity contribution is -0.117. The molecule has 0 spiro atoms. The highest BCUT2D eigenvalue weighted by Crippen LogP contribution is 2.32. The van der Waals surface area contributed by atoms with Crippen molar-refractivity contribution in [2.24, 2.45) is 0 Å². The van der Waals surface area contributed by atoms with Gasteiger partial charge in [-0.1, -0.05) is 35.0 Å². The fourth-order valence-corrected chi connectivity index (χ4v) is 3.11. The van der Waals surface area contributed by atoms with Crippen molar-refractivity contribution in [1.82, 2.24) is 10.1 Å². The largest absolute Gasteiger partial charge is 0.497 e. The summed E-state index contributed by atoms with van der Waals surface area (Å²) >= 11 is 0. The van der Waals surface area contributed by atoms with Crippen LogP contribution in [0.1, 0.15) is 23.8 Å². The lowest BCUT2D eigenvalue weighted by Gasteiger charge is -2.16. The van der Waals surface area contributed by atoms with Crippen LogP contribution in [0.25, 0.3) is 11.4 Å². The predicted octanol–water partition coefficient (Wildman–Crippen LogP) is 3.57. The molecule has 1 amide bonds. The number of carbonyl (C=O) groups is 1. The monoisotopic (exact) mass is 349 g/mol. The summed E-state index contributed by atoms with van der Waals surface area (Å²) in [5, 5.41) is 4.07. The maximum Gasteiger partial charge on any atom is 0.232 e. The number of rotatable bonds is 4. The molecule has 0 bridgehead atoms. The SMILES string of the molecule is COc1ccc(N2C[C@H](c3nc(-c4ccc(C)cc4)no3)CC2=O)cc1. The maximum atomic E-state index is 12.4. The van der Waals surface area contributed by atoms with Gasteiger partial charge in [-0.15, -0.1) is 0 Å². The summed E-state index contributed by atoms with van der Waals surface area (Å²) in [6, 6.07) is 15.4. The Bertz CT molecular complexity index is 916. The first-order chi connectivity index (χ1) is 12.6. The second kappa shape index (κ2) is 6.63. The molecule has 1 saturated heterocycles. The Morgan fingerprint density at radius 1 is 1.12 bits per heavy atom. The molecule has 4 rings (SSSR count). The van der Waals surface area contributed by atoms with Gasteiger partial charge >= 0.3 is 0 Å². The van der Waals surface area contributed by atoms with Crippen LogP contribution in [0.2, 0.25) is 0 Å². The van der Waals surface area contributed by atoms with E-state index in [0.29, 0.717) is 24.7 Å². The zero-order chi connectivity index (χ0) is 18.1. The van der Waals surface area contributed by atoms with Crippen LogP contribution in [0.5, 0.6) is 5.75 Å². The normalized spacial score (nSPS) is 16.9. The highest BCUT2D eigenvalue weighted by molar-refractivity contribution is 5.96. The van der Waals surface area contributed by atoms with Gasteiger partial charge in [0.05, 0.1) is 13.0 Å². The number of hydrogen-bond donors (Lipinski definition) is 0. The van der Waals surface area contributed by atoms with Gasteiger partial charge in [-0.2, -0.15) is 4.98 Å². The Balaban J connectivity index is 1.52. The van der Waals surface area contributed by atoms with Gasteiger partial charge in [-0.25, -0.2) is 0 Å². The number of hydrogen-bond acceptors (Lipinski definition) is 5. The quantitative estimate of drug-likeness (QED) is 0.720. The summed E-state index contributed by atoms with van der Waals surface area (Å²) in [5.74, 6) is 1.77. The van der Waals surface area contributed by atoms with E-state index in [4.69, 9.17) is 9.26 Å². The number of aryl methyl sites for hydroxylation is 1. The average molecular weight is 349 g/mol. The summed E-state index contributed by atoms with van der Waals surface area (Å²) in [6.45, 7) is 2.56. The van der Waals surface area contributed by atoms with E-state index in [1.165, 1.54) is 5.56 Å². The van der Waals surface area contributed by atoms with Crippen LogP contribution in [-0.4, -0.2) is 29.7 Å². The fourth-order valence-electron chi connectivity index (χ4n) is 3.11. The fraction of sp³-hybridized carbons (Fsp3) is 0.250. The summed E-state index contributed by atoms with van der Waals surface area (Å²) in [5.41, 5.74) is 2.92. The average Bonchev–Trinajstić information content (AvgIpc) is 3.29. The molecule has 1 aliphatic rings. The minimum atomic E-state index is -0.101. The van der Waals surface area contributed by atoms with Crippen molar-refractivity contribution < 1.29 is 14.1 Å². The van der Waals surface area contributed by atoms with E-state index in [1.807, 2.05) is 55.5 Å². The molecule has 1 atom stereocenters. The smallest absolute Gasteiger partial charge is 0.232 e. The molecule has 0 saturated carbocycles. The highest BCUT2D eigenvalue weighted by atomic mass is 16.5. The van der Waals surface area contributed by atoms with Crippen molar-refractivity contribution in [2.75, 3.05) is 18.6 Å². The molecule has 1 fully saturated rings. The Kier molecular flexibility index (Phi) is 4.16. The predicted molar refractivity (Wildman–Crippen MR) is 97.2 cm³/mol. The first kappa shape index (κ1) is 16.3. The number of amides is 1. The van der Waals surface area contributed by atoms with Crippen LogP contribution in [0.3, 0.4) is 0 Å². The van der Waals surface area contributed by atoms with E-state index in [2.05, 4.69) is 10.1 Å². The molecule has 6 heteroatoms. The third kappa shape index (κ3) is 3.06. The summed E-state index contributed by atoms with van der Waals surface area (Å²) < 4.78 is 10.6. The molecule has 3 aromatic rings. The Labute approximate surface area is 151 Å². The number of benzene rings is 2. The van der Waals surface area contributed by atoms with Gasteiger partial charge in [-0.05, 0) is 31.2 Å². The minimum absolute atomic E-state index is 0.0512. The van der Waals surface area contributed by atoms with Crippen molar-refractivity contribution >= 4 is 11.6 Å². The van der Waals surface area contributed by atoms with Crippen LogP contribution in [-0.2, 0) is 4.79 Å². The van der Waals surface area contributed by atoms with Gasteiger partial charge in [-0.3, -0.25) is 4.79 Å². The van der Waals surface area contributed by atoms with E-state index in [9.17, 15) is 4.79 Å². The molecule has 2 heterocycles. The second-order valence-electron chi connectivity index (χ2n) is 6.43. The summed E-state index contributed by atoms with van der Waals surface area (Å²) in [4.78, 5) is 18.7. The molecule has 2 aromatic carbocycles. The molecule has 0 unspecified atom stereocenters. The zero-order valence-electron chi connectivity index (χ0n) is 14.7. The summed E-state index contributed by atoms with van der Waals surface area (Å²) in [7, 11) is 1.62. The second-order valence-corrected chi connectivity index (χ2v) is 6.43. The van der Waals surface area contributed by atoms with Crippen molar-refractivity contribution in [1.29, 1.82) is 0 Å². The molecule has 6 nitrogen and oxygen atoms in total. The van der Waals surface area contributed by atoms with Gasteiger partial charge in [0.15, 0.2) is 0 Å². The van der Waals surface area contributed by atoms with Gasteiger partial charge in [0, 0.05) is 24.2 Å². The lowest BCUT2D eigenvalue weighted by Crippen LogP contribution is -2.24. The molecule has 0 radical (unpaired) electrons. The van der Waals surface area contributed by atoms with E-state index in [0.717, 1.165) is 17.0 Å². The van der Waals surface area contributed by atoms with Gasteiger partial charge < -0.3 is 14.2 Å². The first-order valence-electron chi connectivity index (χ1n) is 8.49. The molecular formula is C20H19N3O3. The van der Waals surface area contributed by atoms with Gasteiger partial charge in [0.1, 0.15) is 5.75 Å². The molecular weight excluding hydrogens is 330 g/mol. The van der Waals surface area contributed by atoms with Crippen LogP contribution >= 0.6 is 0 Å². The van der Waals surface area contributed by atoms with Crippen molar-refractivity contribution in [3.05, 3.63) is 60.0 Å². The van der Waals surface area contributed by atoms with Crippen LogP contribution in [0.4, 0.5) is 5.69 Å². The van der Waals surface area contributed by atoms with Crippen molar-refractivity contribution in [3.63, 3.8) is 0 Å². The minimum Gasteiger partial charge on any atom is -0.497 e. The van der Waals surface area contributed by atoms with Gasteiger partial charge in [0.2, 0.25) is 17.6 Å². The third-order valence-corrected chi connectivity index (χ3v) is 4.61. The molecule has 26 heavy (non-hydrogen) atoms. The number of methoxy groups -OCH3 is 1. The van der Waals surface area contributed by atoms with Crippen LogP contribution < -0.4 is 9.64 Å². The van der Waals surface area contributed by atoms with E-state index >= 15 is 0 Å². The maximum absolute atomic E-state index is 12.4. The summed E-state index contributed by atoms with van der Waals surface area (Å²) in [6.07, 6.45) is 0.363. The molecule has 1 aliphatic heterocycles. The van der Waals surface area contributed by atoms with Crippen LogP contribution in [0.15, 0.2) is 53.1 Å². The van der Waals surface area contributed by atoms with Crippen molar-refractivity contribution in [2.45, 2.75) is 19.3 Å². The molecule has 132 valence electrons. The number of anilines is 1. The topological polar surface area (TPSA) is 68.5 Å². The van der Waals surface area contributed by atoms with E-state index in [1.54, 1.807) is 12.0 Å². The first-order valence-corrected chi connectivity index (χ1v) is 8.49. The number of carbonyl (C=O) groups excluding carboxylic acids is 1. The standard InChI is InChI=1S/C20H19N3O3/c1-13-3-5-14(6-4-13)19-21-20(26-22-19)15-11-18(24)23(12-15)16-7-9-17(25-2)10-8-16/h3-10,15H,11-12H2,1-2H3/t15-/m1/s1. The lowest BCUT2D eigenvalue weighted by atomic mass is 10.1. The Hall–Kier alpha value is -3.15. The van der Waals surface area contributed by atoms with Crippen molar-refractivity contribution in [3.8, 4) is 17.1 Å². The van der Waals surface area contributed by atoms with Gasteiger partial charge in [0.25, 0.3) is 0 Å². The molecule has 0 aliphatic carbocycles. The number of aromatic nitrogens is 2. The molecule has 1 aromatic heterocycles. The van der Waals surface area contributed by atoms with Crippen LogP contribution in [0, 0.1) is 6.92 Å². The number of ether oxygens (including phenoxy) is 1. The Morgan fingerprint density at radius 3 is 2.54 bits per heavy atom. The number of nitrogens with zero attached hydrogens (tertiary/aromatic N) is 3.